The smallest absolute Gasteiger partial charge is 0.243 e. The summed E-state index contributed by atoms with van der Waals surface area (Å²) in [4.78, 5) is 39.7. The van der Waals surface area contributed by atoms with Crippen molar-refractivity contribution in [3.63, 3.8) is 0 Å². The van der Waals surface area contributed by atoms with Crippen LogP contribution in [0.2, 0.25) is 0 Å². The van der Waals surface area contributed by atoms with Crippen LogP contribution in [0.25, 0.3) is 10.3 Å². The van der Waals surface area contributed by atoms with Crippen molar-refractivity contribution in [2.24, 2.45) is 5.92 Å². The zero-order valence-electron chi connectivity index (χ0n) is 24.3. The predicted octanol–water partition coefficient (Wildman–Crippen LogP) is 3.98. The van der Waals surface area contributed by atoms with Crippen LogP contribution >= 0.6 is 11.3 Å². The molecular formula is C30H37N5O5S2. The van der Waals surface area contributed by atoms with Crippen LogP contribution in [0.15, 0.2) is 35.2 Å². The molecule has 1 aliphatic carbocycles. The van der Waals surface area contributed by atoms with Crippen LogP contribution in [0.3, 0.4) is 0 Å². The molecule has 2 aliphatic heterocycles. The summed E-state index contributed by atoms with van der Waals surface area (Å²) in [5.41, 5.74) is 1.74. The predicted molar refractivity (Wildman–Crippen MR) is 161 cm³/mol. The number of rotatable bonds is 10. The molecular weight excluding hydrogens is 574 g/mol. The van der Waals surface area contributed by atoms with Gasteiger partial charge in [-0.2, -0.15) is 4.31 Å². The minimum Gasteiger partial charge on any atom is -0.481 e. The van der Waals surface area contributed by atoms with E-state index in [2.05, 4.69) is 16.9 Å². The van der Waals surface area contributed by atoms with E-state index < -0.39 is 15.4 Å². The molecule has 3 aromatic rings. The van der Waals surface area contributed by atoms with Crippen molar-refractivity contribution >= 4 is 49.2 Å². The summed E-state index contributed by atoms with van der Waals surface area (Å²) < 4.78 is 34.7. The van der Waals surface area contributed by atoms with Crippen LogP contribution < -0.4 is 9.64 Å². The Hall–Kier alpha value is -3.09. The number of ether oxygens (including phenoxy) is 1. The third-order valence-electron chi connectivity index (χ3n) is 8.73. The third-order valence-corrected chi connectivity index (χ3v) is 11.6. The topological polar surface area (TPSA) is 113 Å². The van der Waals surface area contributed by atoms with Crippen LogP contribution in [0.4, 0.5) is 5.69 Å². The van der Waals surface area contributed by atoms with E-state index >= 15 is 0 Å². The highest BCUT2D eigenvalue weighted by Gasteiger charge is 2.50. The minimum absolute atomic E-state index is 0.0189. The van der Waals surface area contributed by atoms with Gasteiger partial charge in [-0.1, -0.05) is 24.7 Å². The van der Waals surface area contributed by atoms with Gasteiger partial charge in [0, 0.05) is 56.8 Å². The fourth-order valence-electron chi connectivity index (χ4n) is 6.16. The maximum atomic E-state index is 13.9. The van der Waals surface area contributed by atoms with E-state index in [4.69, 9.17) is 4.74 Å². The van der Waals surface area contributed by atoms with Gasteiger partial charge in [0.1, 0.15) is 15.4 Å². The molecule has 1 unspecified atom stereocenters. The number of likely N-dealkylation sites (tertiary alicyclic amines) is 1. The number of pyridine rings is 1. The number of unbranched alkanes of at least 4 members (excludes halogenated alkanes) is 1. The Balaban J connectivity index is 1.33. The lowest BCUT2D eigenvalue weighted by Gasteiger charge is -2.26. The second kappa shape index (κ2) is 11.2. The fourth-order valence-corrected chi connectivity index (χ4v) is 8.66. The van der Waals surface area contributed by atoms with Crippen molar-refractivity contribution in [3.05, 3.63) is 40.9 Å². The number of benzene rings is 1. The lowest BCUT2D eigenvalue weighted by atomic mass is 9.81. The molecule has 3 aliphatic rings. The SMILES string of the molecule is CCCCN(CC1CC1)S(=O)(=O)c1ccc2c(c1)C1(CCN(C(C)=O)C1)CN2C(=O)Cc1nc2ccc(OC)nc2s1. The standard InChI is InChI=1S/C30H37N5O5S2/c1-4-5-13-34(17-21-6-7-21)42(38,39)22-8-10-25-23(15-22)30(12-14-33(18-30)20(2)36)19-35(25)28(37)16-27-31-24-9-11-26(40-3)32-29(24)41-27/h8-11,15,21H,4-7,12-14,16-19H2,1-3H3. The maximum absolute atomic E-state index is 13.9. The van der Waals surface area contributed by atoms with Gasteiger partial charge in [0.15, 0.2) is 0 Å². The van der Waals surface area contributed by atoms with E-state index in [1.165, 1.54) is 11.3 Å². The van der Waals surface area contributed by atoms with Crippen LogP contribution in [0, 0.1) is 5.92 Å². The summed E-state index contributed by atoms with van der Waals surface area (Å²) >= 11 is 1.36. The van der Waals surface area contributed by atoms with Crippen LogP contribution in [0.5, 0.6) is 5.88 Å². The number of hydrogen-bond donors (Lipinski definition) is 0. The average Bonchev–Trinajstić information content (AvgIpc) is 3.41. The zero-order valence-corrected chi connectivity index (χ0v) is 26.0. The Morgan fingerprint density at radius 1 is 1.17 bits per heavy atom. The molecule has 1 atom stereocenters. The molecule has 42 heavy (non-hydrogen) atoms. The number of anilines is 1. The van der Waals surface area contributed by atoms with Gasteiger partial charge in [0.2, 0.25) is 27.7 Å². The third kappa shape index (κ3) is 5.40. The molecule has 0 N–H and O–H groups in total. The fraction of sp³-hybridized carbons (Fsp3) is 0.533. The highest BCUT2D eigenvalue weighted by Crippen LogP contribution is 2.48. The summed E-state index contributed by atoms with van der Waals surface area (Å²) in [5, 5.41) is 0.654. The van der Waals surface area contributed by atoms with Crippen molar-refractivity contribution in [1.82, 2.24) is 19.2 Å². The molecule has 10 nitrogen and oxygen atoms in total. The summed E-state index contributed by atoms with van der Waals surface area (Å²) in [6.07, 6.45) is 4.63. The average molecular weight is 612 g/mol. The van der Waals surface area contributed by atoms with E-state index in [1.807, 2.05) is 6.07 Å². The Kier molecular flexibility index (Phi) is 7.73. The van der Waals surface area contributed by atoms with E-state index in [0.29, 0.717) is 72.0 Å². The number of carbonyl (C=O) groups excluding carboxylic acids is 2. The number of hydrogen-bond acceptors (Lipinski definition) is 8. The second-order valence-electron chi connectivity index (χ2n) is 11.8. The number of nitrogens with zero attached hydrogens (tertiary/aromatic N) is 5. The number of amides is 2. The molecule has 6 rings (SSSR count). The van der Waals surface area contributed by atoms with Gasteiger partial charge in [0.05, 0.1) is 18.4 Å². The second-order valence-corrected chi connectivity index (χ2v) is 14.8. The maximum Gasteiger partial charge on any atom is 0.243 e. The van der Waals surface area contributed by atoms with Crippen LogP contribution in [-0.4, -0.2) is 79.2 Å². The number of methoxy groups -OCH3 is 1. The van der Waals surface area contributed by atoms with E-state index in [-0.39, 0.29) is 23.1 Å². The van der Waals surface area contributed by atoms with Gasteiger partial charge in [0.25, 0.3) is 0 Å². The van der Waals surface area contributed by atoms with Crippen LogP contribution in [-0.2, 0) is 31.4 Å². The van der Waals surface area contributed by atoms with Crippen molar-refractivity contribution < 1.29 is 22.7 Å². The molecule has 1 saturated carbocycles. The normalized spacial score (nSPS) is 20.2. The monoisotopic (exact) mass is 611 g/mol. The molecule has 2 fully saturated rings. The molecule has 1 aromatic carbocycles. The van der Waals surface area contributed by atoms with Gasteiger partial charge >= 0.3 is 0 Å². The van der Waals surface area contributed by atoms with Crippen molar-refractivity contribution in [1.29, 1.82) is 0 Å². The molecule has 1 spiro atoms. The molecule has 4 heterocycles. The molecule has 2 amide bonds. The Labute approximate surface area is 250 Å². The number of carbonyl (C=O) groups is 2. The van der Waals surface area contributed by atoms with Gasteiger partial charge in [-0.05, 0) is 61.4 Å². The first-order chi connectivity index (χ1) is 20.1. The first kappa shape index (κ1) is 29.0. The summed E-state index contributed by atoms with van der Waals surface area (Å²) in [5.74, 6) is 0.791. The number of fused-ring (bicyclic) bond motifs is 3. The highest BCUT2D eigenvalue weighted by molar-refractivity contribution is 7.89. The summed E-state index contributed by atoms with van der Waals surface area (Å²) in [7, 11) is -2.15. The molecule has 0 radical (unpaired) electrons. The lowest BCUT2D eigenvalue weighted by molar-refractivity contribution is -0.127. The first-order valence-electron chi connectivity index (χ1n) is 14.6. The number of sulfonamides is 1. The number of aromatic nitrogens is 2. The molecule has 224 valence electrons. The molecule has 1 saturated heterocycles. The lowest BCUT2D eigenvalue weighted by Crippen LogP contribution is -2.40. The van der Waals surface area contributed by atoms with E-state index in [1.54, 1.807) is 52.4 Å². The molecule has 0 bridgehead atoms. The van der Waals surface area contributed by atoms with Gasteiger partial charge in [-0.15, -0.1) is 0 Å². The number of thiazole rings is 1. The Bertz CT molecular complexity index is 1640. The Morgan fingerprint density at radius 3 is 2.67 bits per heavy atom. The van der Waals surface area contributed by atoms with Crippen LogP contribution in [0.1, 0.15) is 56.5 Å². The van der Waals surface area contributed by atoms with E-state index in [0.717, 1.165) is 31.2 Å². The van der Waals surface area contributed by atoms with Crippen molar-refractivity contribution in [3.8, 4) is 5.88 Å². The molecule has 12 heteroatoms. The first-order valence-corrected chi connectivity index (χ1v) is 16.9. The van der Waals surface area contributed by atoms with Crippen molar-refractivity contribution in [2.45, 2.75) is 62.7 Å². The summed E-state index contributed by atoms with van der Waals surface area (Å²) in [6.45, 7) is 6.10. The van der Waals surface area contributed by atoms with Gasteiger partial charge in [-0.25, -0.2) is 18.4 Å². The minimum atomic E-state index is -3.71. The molecule has 2 aromatic heterocycles. The van der Waals surface area contributed by atoms with Gasteiger partial charge in [-0.3, -0.25) is 9.59 Å². The van der Waals surface area contributed by atoms with Crippen molar-refractivity contribution in [2.75, 3.05) is 44.7 Å². The van der Waals surface area contributed by atoms with E-state index in [9.17, 15) is 18.0 Å². The summed E-state index contributed by atoms with van der Waals surface area (Å²) in [6, 6.07) is 8.78. The largest absolute Gasteiger partial charge is 0.481 e. The Morgan fingerprint density at radius 2 is 1.98 bits per heavy atom. The zero-order chi connectivity index (χ0) is 29.6. The van der Waals surface area contributed by atoms with Gasteiger partial charge < -0.3 is 14.5 Å². The highest BCUT2D eigenvalue weighted by atomic mass is 32.2. The quantitative estimate of drug-likeness (QED) is 0.341.